The number of hydrogen-bond acceptors (Lipinski definition) is 1. The largest absolute Gasteiger partial charge is 0.456 e. The Balaban J connectivity index is 1.17. The summed E-state index contributed by atoms with van der Waals surface area (Å²) < 4.78 is 6.45. The van der Waals surface area contributed by atoms with Gasteiger partial charge in [0.25, 0.3) is 0 Å². The molecule has 0 N–H and O–H groups in total. The van der Waals surface area contributed by atoms with Crippen molar-refractivity contribution in [1.82, 2.24) is 0 Å². The first-order valence-electron chi connectivity index (χ1n) is 19.7. The summed E-state index contributed by atoms with van der Waals surface area (Å²) >= 11 is 0. The molecule has 11 aromatic carbocycles. The summed E-state index contributed by atoms with van der Waals surface area (Å²) in [6.07, 6.45) is 0. The number of rotatable bonds is 4. The molecular weight excluding hydrogens is 689 g/mol. The molecule has 0 fully saturated rings. The van der Waals surface area contributed by atoms with Gasteiger partial charge in [-0.3, -0.25) is 0 Å². The maximum atomic E-state index is 6.45. The summed E-state index contributed by atoms with van der Waals surface area (Å²) in [5, 5.41) is 14.7. The highest BCUT2D eigenvalue weighted by Crippen LogP contribution is 2.49. The lowest BCUT2D eigenvalue weighted by Gasteiger charge is -2.21. The minimum atomic E-state index is 0.903. The van der Waals surface area contributed by atoms with Crippen molar-refractivity contribution in [1.29, 1.82) is 0 Å². The molecule has 0 spiro atoms. The predicted molar refractivity (Wildman–Crippen MR) is 243 cm³/mol. The van der Waals surface area contributed by atoms with Crippen LogP contribution in [0.5, 0.6) is 0 Å². The fraction of sp³-hybridized carbons (Fsp3) is 0. The third kappa shape index (κ3) is 4.89. The lowest BCUT2D eigenvalue weighted by Crippen LogP contribution is -1.93. The van der Waals surface area contributed by atoms with E-state index in [9.17, 15) is 0 Å². The van der Waals surface area contributed by atoms with Crippen LogP contribution in [0.25, 0.3) is 120 Å². The fourth-order valence-corrected chi connectivity index (χ4v) is 9.49. The van der Waals surface area contributed by atoms with E-state index in [0.29, 0.717) is 0 Å². The summed E-state index contributed by atoms with van der Waals surface area (Å²) in [6.45, 7) is 0. The first-order chi connectivity index (χ1) is 28.3. The maximum absolute atomic E-state index is 6.45. The van der Waals surface area contributed by atoms with Crippen LogP contribution in [0.3, 0.4) is 0 Å². The molecule has 1 nitrogen and oxygen atoms in total. The second-order valence-electron chi connectivity index (χ2n) is 15.1. The van der Waals surface area contributed by atoms with Gasteiger partial charge in [-0.15, -0.1) is 0 Å². The molecule has 0 aliphatic heterocycles. The first kappa shape index (κ1) is 31.8. The fourth-order valence-electron chi connectivity index (χ4n) is 9.49. The third-order valence-electron chi connectivity index (χ3n) is 12.1. The van der Waals surface area contributed by atoms with Crippen LogP contribution < -0.4 is 0 Å². The average molecular weight is 723 g/mol. The Bertz CT molecular complexity index is 3500. The van der Waals surface area contributed by atoms with Gasteiger partial charge in [-0.05, 0) is 123 Å². The van der Waals surface area contributed by atoms with E-state index in [2.05, 4.69) is 200 Å². The van der Waals surface area contributed by atoms with Crippen LogP contribution in [-0.2, 0) is 0 Å². The molecule has 0 aliphatic rings. The van der Waals surface area contributed by atoms with E-state index in [1.165, 1.54) is 92.8 Å². The summed E-state index contributed by atoms with van der Waals surface area (Å²) in [7, 11) is 0. The van der Waals surface area contributed by atoms with E-state index in [1.807, 2.05) is 6.07 Å². The van der Waals surface area contributed by atoms with Crippen molar-refractivity contribution in [3.05, 3.63) is 206 Å². The smallest absolute Gasteiger partial charge is 0.136 e. The number of furan rings is 1. The zero-order valence-corrected chi connectivity index (χ0v) is 31.0. The highest BCUT2D eigenvalue weighted by atomic mass is 16.3. The molecule has 57 heavy (non-hydrogen) atoms. The van der Waals surface area contributed by atoms with Gasteiger partial charge in [0, 0.05) is 10.8 Å². The normalized spacial score (nSPS) is 11.9. The highest BCUT2D eigenvalue weighted by Gasteiger charge is 2.21. The molecule has 12 aromatic rings. The van der Waals surface area contributed by atoms with Crippen molar-refractivity contribution in [2.45, 2.75) is 0 Å². The number of hydrogen-bond donors (Lipinski definition) is 0. The number of benzene rings is 11. The van der Waals surface area contributed by atoms with E-state index in [-0.39, 0.29) is 0 Å². The van der Waals surface area contributed by atoms with E-state index < -0.39 is 0 Å². The second-order valence-corrected chi connectivity index (χ2v) is 15.1. The molecule has 264 valence electrons. The van der Waals surface area contributed by atoms with Gasteiger partial charge in [0.15, 0.2) is 0 Å². The molecule has 0 saturated carbocycles. The minimum absolute atomic E-state index is 0.903. The molecule has 0 amide bonds. The minimum Gasteiger partial charge on any atom is -0.456 e. The molecule has 1 heterocycles. The lowest BCUT2D eigenvalue weighted by atomic mass is 9.82. The molecular formula is C56H34O. The Kier molecular flexibility index (Phi) is 7.00. The lowest BCUT2D eigenvalue weighted by molar-refractivity contribution is 0.669. The van der Waals surface area contributed by atoms with Crippen LogP contribution in [-0.4, -0.2) is 0 Å². The summed E-state index contributed by atoms with van der Waals surface area (Å²) in [6, 6.07) is 75.4. The maximum Gasteiger partial charge on any atom is 0.136 e. The average Bonchev–Trinajstić information content (AvgIpc) is 3.66. The topological polar surface area (TPSA) is 13.1 Å². The van der Waals surface area contributed by atoms with E-state index in [1.54, 1.807) is 0 Å². The standard InChI is InChI=1S/C56H34O/c1-2-13-35(14-3-1)36-25-27-38(28-26-36)54-43-18-6-8-20-45(43)55(46-21-9-7-19-44(46)54)49-23-12-22-47-50(34-51-40-16-5-4-15-37(40)29-32-48(51)56(47)49)39-30-31-42-41-17-10-11-24-52(41)57-53(42)33-39/h1-34H. The molecule has 0 aliphatic carbocycles. The molecule has 0 atom stereocenters. The Morgan fingerprint density at radius 1 is 0.246 bits per heavy atom. The van der Waals surface area contributed by atoms with Crippen molar-refractivity contribution >= 4 is 75.8 Å². The highest BCUT2D eigenvalue weighted by molar-refractivity contribution is 6.29. The molecule has 0 radical (unpaired) electrons. The summed E-state index contributed by atoms with van der Waals surface area (Å²) in [5.41, 5.74) is 11.6. The van der Waals surface area contributed by atoms with Gasteiger partial charge in [0.05, 0.1) is 0 Å². The van der Waals surface area contributed by atoms with Crippen molar-refractivity contribution in [3.8, 4) is 44.5 Å². The van der Waals surface area contributed by atoms with Gasteiger partial charge in [0.1, 0.15) is 11.2 Å². The van der Waals surface area contributed by atoms with Crippen LogP contribution in [0.4, 0.5) is 0 Å². The zero-order valence-electron chi connectivity index (χ0n) is 31.0. The van der Waals surface area contributed by atoms with Crippen LogP contribution >= 0.6 is 0 Å². The van der Waals surface area contributed by atoms with Crippen LogP contribution in [0.1, 0.15) is 0 Å². The van der Waals surface area contributed by atoms with Gasteiger partial charge in [-0.25, -0.2) is 0 Å². The van der Waals surface area contributed by atoms with Gasteiger partial charge in [-0.1, -0.05) is 182 Å². The SMILES string of the molecule is c1ccc(-c2ccc(-c3c4ccccc4c(-c4cccc5c(-c6ccc7c(c6)oc6ccccc67)cc6c7ccccc7ccc6c45)c4ccccc34)cc2)cc1. The molecule has 12 rings (SSSR count). The van der Waals surface area contributed by atoms with Gasteiger partial charge < -0.3 is 4.42 Å². The van der Waals surface area contributed by atoms with Gasteiger partial charge in [-0.2, -0.15) is 0 Å². The van der Waals surface area contributed by atoms with Crippen molar-refractivity contribution in [3.63, 3.8) is 0 Å². The quantitative estimate of drug-likeness (QED) is 0.130. The Morgan fingerprint density at radius 2 is 0.789 bits per heavy atom. The monoisotopic (exact) mass is 722 g/mol. The molecule has 0 unspecified atom stereocenters. The van der Waals surface area contributed by atoms with Crippen molar-refractivity contribution in [2.24, 2.45) is 0 Å². The Hall–Kier alpha value is -7.48. The van der Waals surface area contributed by atoms with Crippen LogP contribution in [0, 0.1) is 0 Å². The van der Waals surface area contributed by atoms with Crippen molar-refractivity contribution in [2.75, 3.05) is 0 Å². The van der Waals surface area contributed by atoms with E-state index in [0.717, 1.165) is 27.5 Å². The zero-order chi connectivity index (χ0) is 37.5. The predicted octanol–water partition coefficient (Wildman–Crippen LogP) is 16.0. The number of para-hydroxylation sites is 1. The van der Waals surface area contributed by atoms with Crippen LogP contribution in [0.2, 0.25) is 0 Å². The van der Waals surface area contributed by atoms with Gasteiger partial charge in [0.2, 0.25) is 0 Å². The third-order valence-corrected chi connectivity index (χ3v) is 12.1. The first-order valence-corrected chi connectivity index (χ1v) is 19.7. The number of fused-ring (bicyclic) bond motifs is 10. The van der Waals surface area contributed by atoms with Crippen molar-refractivity contribution < 1.29 is 4.42 Å². The van der Waals surface area contributed by atoms with Gasteiger partial charge >= 0.3 is 0 Å². The summed E-state index contributed by atoms with van der Waals surface area (Å²) in [5.74, 6) is 0. The molecule has 0 saturated heterocycles. The summed E-state index contributed by atoms with van der Waals surface area (Å²) in [4.78, 5) is 0. The van der Waals surface area contributed by atoms with Crippen LogP contribution in [0.15, 0.2) is 211 Å². The molecule has 1 heteroatoms. The van der Waals surface area contributed by atoms with E-state index in [4.69, 9.17) is 4.42 Å². The molecule has 0 bridgehead atoms. The molecule has 1 aromatic heterocycles. The Labute approximate surface area is 329 Å². The second kappa shape index (κ2) is 12.5. The Morgan fingerprint density at radius 3 is 1.54 bits per heavy atom. The van der Waals surface area contributed by atoms with E-state index >= 15 is 0 Å².